The molecule has 0 atom stereocenters. The zero-order valence-electron chi connectivity index (χ0n) is 11.4. The first-order chi connectivity index (χ1) is 8.92. The maximum absolute atomic E-state index is 11.8. The first kappa shape index (κ1) is 14.7. The summed E-state index contributed by atoms with van der Waals surface area (Å²) in [5, 5.41) is 14.6. The lowest BCUT2D eigenvalue weighted by atomic mass is 10.1. The fourth-order valence-corrected chi connectivity index (χ4v) is 1.22. The minimum Gasteiger partial charge on any atom is -0.385 e. The summed E-state index contributed by atoms with van der Waals surface area (Å²) in [7, 11) is 0. The number of aromatic nitrogens is 1. The van der Waals surface area contributed by atoms with Crippen molar-refractivity contribution >= 4 is 5.91 Å². The molecule has 1 aromatic heterocycles. The van der Waals surface area contributed by atoms with Gasteiger partial charge in [-0.15, -0.1) is 0 Å². The van der Waals surface area contributed by atoms with E-state index >= 15 is 0 Å². The van der Waals surface area contributed by atoms with E-state index in [2.05, 4.69) is 15.6 Å². The topological polar surface area (TPSA) is 77.8 Å². The third kappa shape index (κ3) is 5.68. The van der Waals surface area contributed by atoms with Gasteiger partial charge in [-0.05, 0) is 32.4 Å². The summed E-state index contributed by atoms with van der Waals surface area (Å²) in [5.74, 6) is -0.400. The van der Waals surface area contributed by atoms with Crippen LogP contribution in [0.4, 0.5) is 0 Å². The zero-order chi connectivity index (χ0) is 14.3. The molecule has 0 radical (unpaired) electrons. The van der Waals surface area contributed by atoms with Gasteiger partial charge in [-0.25, -0.2) is 0 Å². The van der Waals surface area contributed by atoms with Gasteiger partial charge >= 0.3 is 0 Å². The molecule has 0 bridgehead atoms. The van der Waals surface area contributed by atoms with Gasteiger partial charge in [0, 0.05) is 30.7 Å². The molecule has 0 saturated heterocycles. The number of pyridine rings is 1. The fraction of sp³-hybridized carbons (Fsp3) is 0.357. The van der Waals surface area contributed by atoms with E-state index in [9.17, 15) is 4.79 Å². The molecule has 0 spiro atoms. The van der Waals surface area contributed by atoms with Crippen LogP contribution in [-0.4, -0.2) is 16.4 Å². The van der Waals surface area contributed by atoms with E-state index in [1.807, 2.05) is 32.9 Å². The van der Waals surface area contributed by atoms with Crippen molar-refractivity contribution in [2.24, 2.45) is 0 Å². The van der Waals surface area contributed by atoms with Crippen molar-refractivity contribution in [1.82, 2.24) is 15.6 Å². The number of nitriles is 1. The van der Waals surface area contributed by atoms with Gasteiger partial charge in [-0.1, -0.05) is 6.07 Å². The largest absolute Gasteiger partial charge is 0.385 e. The Morgan fingerprint density at radius 2 is 2.26 bits per heavy atom. The van der Waals surface area contributed by atoms with Crippen molar-refractivity contribution < 1.29 is 4.79 Å². The summed E-state index contributed by atoms with van der Waals surface area (Å²) in [5.41, 5.74) is 0.752. The third-order valence-corrected chi connectivity index (χ3v) is 2.19. The van der Waals surface area contributed by atoms with E-state index in [1.165, 1.54) is 6.20 Å². The maximum atomic E-state index is 11.8. The molecule has 5 heteroatoms. The van der Waals surface area contributed by atoms with Crippen LogP contribution >= 0.6 is 0 Å². The van der Waals surface area contributed by atoms with Crippen molar-refractivity contribution in [2.45, 2.75) is 32.9 Å². The first-order valence-electron chi connectivity index (χ1n) is 5.97. The summed E-state index contributed by atoms with van der Waals surface area (Å²) in [6, 6.07) is 5.53. The molecule has 1 heterocycles. The molecule has 0 fully saturated rings. The molecule has 1 rings (SSSR count). The second-order valence-corrected chi connectivity index (χ2v) is 5.11. The molecule has 0 unspecified atom stereocenters. The Labute approximate surface area is 113 Å². The average molecular weight is 258 g/mol. The van der Waals surface area contributed by atoms with Crippen molar-refractivity contribution in [3.63, 3.8) is 0 Å². The van der Waals surface area contributed by atoms with E-state index in [-0.39, 0.29) is 11.1 Å². The summed E-state index contributed by atoms with van der Waals surface area (Å²) in [6.07, 6.45) is 4.78. The Kier molecular flexibility index (Phi) is 5.07. The smallest absolute Gasteiger partial charge is 0.263 e. The lowest BCUT2D eigenvalue weighted by Crippen LogP contribution is -2.33. The number of amides is 1. The van der Waals surface area contributed by atoms with Crippen LogP contribution in [0.15, 0.2) is 36.3 Å². The van der Waals surface area contributed by atoms with Gasteiger partial charge in [-0.3, -0.25) is 9.78 Å². The van der Waals surface area contributed by atoms with Gasteiger partial charge in [0.2, 0.25) is 0 Å². The summed E-state index contributed by atoms with van der Waals surface area (Å²) >= 11 is 0. The number of carbonyl (C=O) groups is 1. The standard InChI is InChI=1S/C14H18N4O/c1-14(2,3)18-10-12(7-15)13(19)17-9-11-5-4-6-16-8-11/h4-6,8,10,18H,9H2,1-3H3,(H,17,19)/b12-10-. The highest BCUT2D eigenvalue weighted by atomic mass is 16.1. The second-order valence-electron chi connectivity index (χ2n) is 5.11. The quantitative estimate of drug-likeness (QED) is 0.633. The summed E-state index contributed by atoms with van der Waals surface area (Å²) in [4.78, 5) is 15.8. The fourth-order valence-electron chi connectivity index (χ4n) is 1.22. The zero-order valence-corrected chi connectivity index (χ0v) is 11.4. The highest BCUT2D eigenvalue weighted by molar-refractivity contribution is 5.97. The van der Waals surface area contributed by atoms with Crippen LogP contribution in [0.25, 0.3) is 0 Å². The number of hydrogen-bond donors (Lipinski definition) is 2. The Morgan fingerprint density at radius 1 is 1.53 bits per heavy atom. The molecule has 0 aromatic carbocycles. The lowest BCUT2D eigenvalue weighted by molar-refractivity contribution is -0.117. The Hall–Kier alpha value is -2.35. The molecule has 0 aliphatic rings. The van der Waals surface area contributed by atoms with Crippen LogP contribution in [0.5, 0.6) is 0 Å². The summed E-state index contributed by atoms with van der Waals surface area (Å²) < 4.78 is 0. The van der Waals surface area contributed by atoms with Crippen LogP contribution in [0.3, 0.4) is 0 Å². The van der Waals surface area contributed by atoms with Crippen LogP contribution in [0.1, 0.15) is 26.3 Å². The van der Waals surface area contributed by atoms with E-state index in [0.29, 0.717) is 6.54 Å². The predicted molar refractivity (Wildman–Crippen MR) is 72.7 cm³/mol. The Bertz CT molecular complexity index is 494. The van der Waals surface area contributed by atoms with E-state index < -0.39 is 5.91 Å². The van der Waals surface area contributed by atoms with Gasteiger partial charge in [0.15, 0.2) is 0 Å². The minimum absolute atomic E-state index is 0.0545. The molecular weight excluding hydrogens is 240 g/mol. The van der Waals surface area contributed by atoms with E-state index in [4.69, 9.17) is 5.26 Å². The minimum atomic E-state index is -0.400. The highest BCUT2D eigenvalue weighted by Gasteiger charge is 2.11. The molecular formula is C14H18N4O. The van der Waals surface area contributed by atoms with Crippen LogP contribution < -0.4 is 10.6 Å². The SMILES string of the molecule is CC(C)(C)N/C=C(/C#N)C(=O)NCc1cccnc1. The number of nitrogens with zero attached hydrogens (tertiary/aromatic N) is 2. The number of nitrogens with one attached hydrogen (secondary N) is 2. The van der Waals surface area contributed by atoms with Gasteiger partial charge in [0.05, 0.1) is 0 Å². The Morgan fingerprint density at radius 3 is 2.79 bits per heavy atom. The molecule has 19 heavy (non-hydrogen) atoms. The molecule has 1 aromatic rings. The second kappa shape index (κ2) is 6.55. The van der Waals surface area contributed by atoms with Crippen molar-refractivity contribution in [2.75, 3.05) is 0 Å². The van der Waals surface area contributed by atoms with E-state index in [1.54, 1.807) is 18.5 Å². The number of hydrogen-bond acceptors (Lipinski definition) is 4. The molecule has 100 valence electrons. The number of carbonyl (C=O) groups excluding carboxylic acids is 1. The molecule has 1 amide bonds. The average Bonchev–Trinajstić information content (AvgIpc) is 2.37. The lowest BCUT2D eigenvalue weighted by Gasteiger charge is -2.18. The maximum Gasteiger partial charge on any atom is 0.263 e. The van der Waals surface area contributed by atoms with Gasteiger partial charge in [-0.2, -0.15) is 5.26 Å². The molecule has 0 aliphatic carbocycles. The third-order valence-electron chi connectivity index (χ3n) is 2.19. The molecule has 0 aliphatic heterocycles. The summed E-state index contributed by atoms with van der Waals surface area (Å²) in [6.45, 7) is 6.20. The molecule has 0 saturated carbocycles. The normalized spacial score (nSPS) is 11.6. The monoisotopic (exact) mass is 258 g/mol. The van der Waals surface area contributed by atoms with Gasteiger partial charge < -0.3 is 10.6 Å². The van der Waals surface area contributed by atoms with Gasteiger partial charge in [0.25, 0.3) is 5.91 Å². The highest BCUT2D eigenvalue weighted by Crippen LogP contribution is 2.01. The predicted octanol–water partition coefficient (Wildman–Crippen LogP) is 1.49. The van der Waals surface area contributed by atoms with Crippen LogP contribution in [0, 0.1) is 11.3 Å². The van der Waals surface area contributed by atoms with Gasteiger partial charge in [0.1, 0.15) is 11.6 Å². The molecule has 5 nitrogen and oxygen atoms in total. The van der Waals surface area contributed by atoms with Crippen molar-refractivity contribution in [3.8, 4) is 6.07 Å². The number of rotatable bonds is 4. The van der Waals surface area contributed by atoms with Crippen LogP contribution in [-0.2, 0) is 11.3 Å². The first-order valence-corrected chi connectivity index (χ1v) is 5.97. The van der Waals surface area contributed by atoms with Crippen LogP contribution in [0.2, 0.25) is 0 Å². The van der Waals surface area contributed by atoms with E-state index in [0.717, 1.165) is 5.56 Å². The van der Waals surface area contributed by atoms with Crippen molar-refractivity contribution in [1.29, 1.82) is 5.26 Å². The van der Waals surface area contributed by atoms with Crippen molar-refractivity contribution in [3.05, 3.63) is 41.9 Å². The Balaban J connectivity index is 2.58. The molecule has 2 N–H and O–H groups in total.